The molecule has 0 fully saturated rings. The van der Waals surface area contributed by atoms with Gasteiger partial charge in [0.2, 0.25) is 0 Å². The van der Waals surface area contributed by atoms with Crippen LogP contribution in [-0.4, -0.2) is 23.9 Å². The van der Waals surface area contributed by atoms with Crippen molar-refractivity contribution in [3.8, 4) is 0 Å². The van der Waals surface area contributed by atoms with Gasteiger partial charge < -0.3 is 10.1 Å². The predicted octanol–water partition coefficient (Wildman–Crippen LogP) is 2.84. The zero-order valence-electron chi connectivity index (χ0n) is 15.2. The highest BCUT2D eigenvalue weighted by Crippen LogP contribution is 2.13. The van der Waals surface area contributed by atoms with Gasteiger partial charge in [0.1, 0.15) is 11.9 Å². The normalized spacial score (nSPS) is 12.8. The number of ether oxygens (including phenoxy) is 1. The number of benzene rings is 1. The first-order chi connectivity index (χ1) is 11.3. The molecule has 0 saturated heterocycles. The van der Waals surface area contributed by atoms with E-state index in [2.05, 4.69) is 26.4 Å². The Morgan fingerprint density at radius 2 is 2.00 bits per heavy atom. The topological polar surface area (TPSA) is 87.1 Å². The summed E-state index contributed by atoms with van der Waals surface area (Å²) < 4.78 is 5.21. The third-order valence-electron chi connectivity index (χ3n) is 2.91. The van der Waals surface area contributed by atoms with E-state index in [-0.39, 0.29) is 0 Å². The number of alkyl carbamates (subject to hydrolysis) is 1. The highest BCUT2D eigenvalue weighted by Gasteiger charge is 2.16. The molecule has 132 valence electrons. The van der Waals surface area contributed by atoms with Crippen molar-refractivity contribution in [1.82, 2.24) is 16.2 Å². The zero-order valence-corrected chi connectivity index (χ0v) is 15.2. The molecule has 0 bridgehead atoms. The molecule has 0 unspecified atom stereocenters. The van der Waals surface area contributed by atoms with E-state index in [1.54, 1.807) is 0 Å². The van der Waals surface area contributed by atoms with Crippen LogP contribution in [0.4, 0.5) is 4.79 Å². The molecule has 0 spiro atoms. The smallest absolute Gasteiger partial charge is 0.407 e. The van der Waals surface area contributed by atoms with Crippen molar-refractivity contribution in [2.45, 2.75) is 53.7 Å². The molecule has 1 aliphatic rings. The number of hydrogen-bond donors (Lipinski definition) is 3. The van der Waals surface area contributed by atoms with Crippen molar-refractivity contribution in [2.24, 2.45) is 10.2 Å². The summed E-state index contributed by atoms with van der Waals surface area (Å²) in [6.07, 6.45) is 1.04. The molecular weight excluding hydrogens is 306 g/mol. The molecule has 2 rings (SSSR count). The summed E-state index contributed by atoms with van der Waals surface area (Å²) in [6.45, 7) is 11.9. The van der Waals surface area contributed by atoms with Crippen LogP contribution in [-0.2, 0) is 11.3 Å². The molecular formula is C17H27N5O2. The molecule has 0 saturated carbocycles. The molecule has 0 radical (unpaired) electrons. The number of aryl methyl sites for hydroxylation is 1. The molecule has 0 atom stereocenters. The second-order valence-electron chi connectivity index (χ2n) is 5.96. The van der Waals surface area contributed by atoms with E-state index in [9.17, 15) is 4.79 Å². The molecule has 1 heterocycles. The Labute approximate surface area is 143 Å². The summed E-state index contributed by atoms with van der Waals surface area (Å²) in [5.74, 6) is 0.650. The molecule has 1 aromatic carbocycles. The fourth-order valence-electron chi connectivity index (χ4n) is 1.89. The fourth-order valence-corrected chi connectivity index (χ4v) is 1.89. The van der Waals surface area contributed by atoms with Crippen LogP contribution in [0.25, 0.3) is 0 Å². The van der Waals surface area contributed by atoms with Crippen LogP contribution in [0.2, 0.25) is 0 Å². The van der Waals surface area contributed by atoms with Crippen LogP contribution in [0.1, 0.15) is 51.3 Å². The lowest BCUT2D eigenvalue weighted by Gasteiger charge is -2.20. The molecule has 3 N–H and O–H groups in total. The Morgan fingerprint density at radius 3 is 2.54 bits per heavy atom. The maximum Gasteiger partial charge on any atom is 0.407 e. The minimum atomic E-state index is -0.499. The molecule has 1 aromatic rings. The molecule has 7 heteroatoms. The minimum Gasteiger partial charge on any atom is -0.444 e. The fraction of sp³-hybridized carbons (Fsp3) is 0.471. The molecule has 0 aliphatic carbocycles. The van der Waals surface area contributed by atoms with Gasteiger partial charge in [-0.15, -0.1) is 0 Å². The molecule has 24 heavy (non-hydrogen) atoms. The van der Waals surface area contributed by atoms with E-state index in [4.69, 9.17) is 4.74 Å². The van der Waals surface area contributed by atoms with Crippen LogP contribution in [0, 0.1) is 6.92 Å². The summed E-state index contributed by atoms with van der Waals surface area (Å²) in [7, 11) is 0. The number of hydrazone groups is 2. The predicted molar refractivity (Wildman–Crippen MR) is 96.9 cm³/mol. The maximum absolute atomic E-state index is 11.7. The monoisotopic (exact) mass is 333 g/mol. The van der Waals surface area contributed by atoms with Gasteiger partial charge in [-0.1, -0.05) is 26.0 Å². The van der Waals surface area contributed by atoms with Crippen LogP contribution < -0.4 is 16.2 Å². The Bertz CT molecular complexity index is 618. The van der Waals surface area contributed by atoms with Gasteiger partial charge in [-0.2, -0.15) is 10.2 Å². The van der Waals surface area contributed by atoms with Gasteiger partial charge in [0.05, 0.1) is 0 Å². The van der Waals surface area contributed by atoms with Crippen LogP contribution in [0.5, 0.6) is 0 Å². The van der Waals surface area contributed by atoms with E-state index in [1.165, 1.54) is 6.34 Å². The molecule has 1 aliphatic heterocycles. The largest absolute Gasteiger partial charge is 0.444 e. The quantitative estimate of drug-likeness (QED) is 0.794. The number of rotatable bonds is 3. The molecule has 0 aromatic heterocycles. The lowest BCUT2D eigenvalue weighted by atomic mass is 10.0. The van der Waals surface area contributed by atoms with Gasteiger partial charge in [0, 0.05) is 12.1 Å². The number of carbonyl (C=O) groups excluding carboxylic acids is 1. The zero-order chi connectivity index (χ0) is 18.2. The van der Waals surface area contributed by atoms with Crippen molar-refractivity contribution in [3.05, 3.63) is 34.9 Å². The number of amides is 1. The first-order valence-electron chi connectivity index (χ1n) is 8.03. The Hall–Kier alpha value is -2.57. The second kappa shape index (κ2) is 8.90. The minimum absolute atomic E-state index is 0.414. The second-order valence-corrected chi connectivity index (χ2v) is 5.96. The van der Waals surface area contributed by atoms with Crippen LogP contribution in [0.15, 0.2) is 28.4 Å². The number of carbonyl (C=O) groups is 1. The van der Waals surface area contributed by atoms with Gasteiger partial charge in [-0.05, 0) is 44.9 Å². The maximum atomic E-state index is 11.7. The van der Waals surface area contributed by atoms with Crippen LogP contribution >= 0.6 is 0 Å². The van der Waals surface area contributed by atoms with Gasteiger partial charge in [0.15, 0.2) is 5.84 Å². The van der Waals surface area contributed by atoms with Gasteiger partial charge >= 0.3 is 6.09 Å². The number of hydrogen-bond acceptors (Lipinski definition) is 6. The number of nitrogens with one attached hydrogen (secondary N) is 3. The molecule has 7 nitrogen and oxygen atoms in total. The first kappa shape index (κ1) is 19.5. The van der Waals surface area contributed by atoms with Crippen LogP contribution in [0.3, 0.4) is 0 Å². The van der Waals surface area contributed by atoms with E-state index in [0.717, 1.165) is 16.7 Å². The van der Waals surface area contributed by atoms with Gasteiger partial charge in [-0.25, -0.2) is 4.79 Å². The average Bonchev–Trinajstić information content (AvgIpc) is 2.55. The van der Waals surface area contributed by atoms with Crippen molar-refractivity contribution < 1.29 is 9.53 Å². The summed E-state index contributed by atoms with van der Waals surface area (Å²) >= 11 is 0. The van der Waals surface area contributed by atoms with E-state index in [1.807, 2.05) is 59.7 Å². The Morgan fingerprint density at radius 1 is 1.29 bits per heavy atom. The summed E-state index contributed by atoms with van der Waals surface area (Å²) in [5, 5.41) is 10.7. The Kier molecular flexibility index (Phi) is 7.23. The van der Waals surface area contributed by atoms with Gasteiger partial charge in [0.25, 0.3) is 0 Å². The van der Waals surface area contributed by atoms with E-state index < -0.39 is 11.7 Å². The molecule has 1 amide bonds. The Balaban J connectivity index is 0.00000139. The van der Waals surface area contributed by atoms with Gasteiger partial charge in [-0.3, -0.25) is 10.9 Å². The van der Waals surface area contributed by atoms with E-state index >= 15 is 0 Å². The standard InChI is InChI=1S/C15H21N5O2.C2H6/c1-10-7-11(13-19-17-9-18-20-13)5-6-12(10)8-16-14(21)22-15(2,3)4;1-2/h5-7,9H,8H2,1-4H3,(H,16,21)(H,17,18)(H,19,20);1-2H3. The highest BCUT2D eigenvalue weighted by atomic mass is 16.6. The average molecular weight is 333 g/mol. The highest BCUT2D eigenvalue weighted by molar-refractivity contribution is 6.00. The first-order valence-corrected chi connectivity index (χ1v) is 8.03. The van der Waals surface area contributed by atoms with Crippen molar-refractivity contribution >= 4 is 18.3 Å². The third kappa shape index (κ3) is 6.28. The summed E-state index contributed by atoms with van der Waals surface area (Å²) in [5.41, 5.74) is 8.00. The lowest BCUT2D eigenvalue weighted by molar-refractivity contribution is 0.0523. The summed E-state index contributed by atoms with van der Waals surface area (Å²) in [4.78, 5) is 11.7. The van der Waals surface area contributed by atoms with Crippen molar-refractivity contribution in [1.29, 1.82) is 0 Å². The SMILES string of the molecule is CC.Cc1cc(C2=NNC=NN2)ccc1CNC(=O)OC(C)(C)C. The lowest BCUT2D eigenvalue weighted by Crippen LogP contribution is -2.32. The van der Waals surface area contributed by atoms with E-state index in [0.29, 0.717) is 12.4 Å². The summed E-state index contributed by atoms with van der Waals surface area (Å²) in [6, 6.07) is 5.86. The van der Waals surface area contributed by atoms with Crippen molar-refractivity contribution in [2.75, 3.05) is 0 Å². The number of amidine groups is 1. The number of nitrogens with zero attached hydrogens (tertiary/aromatic N) is 2. The van der Waals surface area contributed by atoms with Crippen molar-refractivity contribution in [3.63, 3.8) is 0 Å². The third-order valence-corrected chi connectivity index (χ3v) is 2.91.